The number of aromatic nitrogens is 2. The summed E-state index contributed by atoms with van der Waals surface area (Å²) in [4.78, 5) is 20.0. The standard InChI is InChI=1S/C9H6N2OS/c12-5-8-1-2-9(13-8)7-3-10-6-11-4-7/h1-6H. The van der Waals surface area contributed by atoms with Crippen molar-refractivity contribution in [2.45, 2.75) is 0 Å². The first-order valence-corrected chi connectivity index (χ1v) is 4.52. The molecule has 0 unspecified atom stereocenters. The van der Waals surface area contributed by atoms with E-state index in [1.807, 2.05) is 6.07 Å². The van der Waals surface area contributed by atoms with E-state index < -0.39 is 0 Å². The van der Waals surface area contributed by atoms with Crippen LogP contribution >= 0.6 is 11.3 Å². The van der Waals surface area contributed by atoms with Crippen LogP contribution in [0.3, 0.4) is 0 Å². The fourth-order valence-electron chi connectivity index (χ4n) is 0.998. The third kappa shape index (κ3) is 1.62. The van der Waals surface area contributed by atoms with Crippen LogP contribution in [-0.4, -0.2) is 16.3 Å². The van der Waals surface area contributed by atoms with Crippen molar-refractivity contribution < 1.29 is 4.79 Å². The Kier molecular flexibility index (Phi) is 2.14. The minimum Gasteiger partial charge on any atom is -0.297 e. The molecule has 64 valence electrons. The van der Waals surface area contributed by atoms with Crippen LogP contribution in [0.2, 0.25) is 0 Å². The Hall–Kier alpha value is -1.55. The summed E-state index contributed by atoms with van der Waals surface area (Å²) in [5.74, 6) is 0. The van der Waals surface area contributed by atoms with E-state index >= 15 is 0 Å². The third-order valence-electron chi connectivity index (χ3n) is 1.59. The lowest BCUT2D eigenvalue weighted by Gasteiger charge is -1.92. The number of hydrogen-bond acceptors (Lipinski definition) is 4. The Labute approximate surface area is 79.1 Å². The molecule has 0 fully saturated rings. The topological polar surface area (TPSA) is 42.9 Å². The first-order valence-electron chi connectivity index (χ1n) is 3.70. The van der Waals surface area contributed by atoms with Crippen LogP contribution in [0.1, 0.15) is 9.67 Å². The van der Waals surface area contributed by atoms with E-state index in [9.17, 15) is 4.79 Å². The minimum absolute atomic E-state index is 0.721. The SMILES string of the molecule is O=Cc1ccc(-c2cncnc2)s1. The molecule has 0 aliphatic carbocycles. The molecule has 0 saturated heterocycles. The molecule has 2 heterocycles. The molecule has 13 heavy (non-hydrogen) atoms. The lowest BCUT2D eigenvalue weighted by molar-refractivity contribution is 0.112. The first-order chi connectivity index (χ1) is 6.40. The number of aldehydes is 1. The molecule has 0 radical (unpaired) electrons. The smallest absolute Gasteiger partial charge is 0.160 e. The van der Waals surface area contributed by atoms with Gasteiger partial charge in [0.15, 0.2) is 6.29 Å². The number of nitrogens with zero attached hydrogens (tertiary/aromatic N) is 2. The fourth-order valence-corrected chi connectivity index (χ4v) is 1.80. The molecule has 4 heteroatoms. The van der Waals surface area contributed by atoms with Gasteiger partial charge in [0.25, 0.3) is 0 Å². The number of rotatable bonds is 2. The maximum Gasteiger partial charge on any atom is 0.160 e. The molecule has 0 bridgehead atoms. The van der Waals surface area contributed by atoms with Gasteiger partial charge in [-0.1, -0.05) is 0 Å². The van der Waals surface area contributed by atoms with Crippen LogP contribution in [0.25, 0.3) is 10.4 Å². The van der Waals surface area contributed by atoms with Crippen LogP contribution in [0.4, 0.5) is 0 Å². The zero-order chi connectivity index (χ0) is 9.10. The Morgan fingerprint density at radius 1 is 1.23 bits per heavy atom. The molecular weight excluding hydrogens is 184 g/mol. The molecule has 0 atom stereocenters. The van der Waals surface area contributed by atoms with Gasteiger partial charge >= 0.3 is 0 Å². The van der Waals surface area contributed by atoms with E-state index in [-0.39, 0.29) is 0 Å². The summed E-state index contributed by atoms with van der Waals surface area (Å²) < 4.78 is 0. The number of thiophene rings is 1. The Morgan fingerprint density at radius 2 is 2.00 bits per heavy atom. The first kappa shape index (κ1) is 8.07. The van der Waals surface area contributed by atoms with Gasteiger partial charge in [0.05, 0.1) is 4.88 Å². The molecule has 2 rings (SSSR count). The number of carbonyl (C=O) groups is 1. The van der Waals surface area contributed by atoms with Crippen molar-refractivity contribution in [1.29, 1.82) is 0 Å². The molecule has 0 N–H and O–H groups in total. The molecule has 2 aromatic rings. The molecule has 3 nitrogen and oxygen atoms in total. The Balaban J connectivity index is 2.41. The normalized spacial score (nSPS) is 9.85. The van der Waals surface area contributed by atoms with Gasteiger partial charge in [-0.05, 0) is 12.1 Å². The van der Waals surface area contributed by atoms with Gasteiger partial charge in [-0.15, -0.1) is 11.3 Å². The predicted molar refractivity (Wildman–Crippen MR) is 50.7 cm³/mol. The van der Waals surface area contributed by atoms with Crippen LogP contribution < -0.4 is 0 Å². The summed E-state index contributed by atoms with van der Waals surface area (Å²) in [6.07, 6.45) is 5.79. The summed E-state index contributed by atoms with van der Waals surface area (Å²) in [6.45, 7) is 0. The fraction of sp³-hybridized carbons (Fsp3) is 0. The highest BCUT2D eigenvalue weighted by Crippen LogP contribution is 2.25. The monoisotopic (exact) mass is 190 g/mol. The predicted octanol–water partition coefficient (Wildman–Crippen LogP) is 2.02. The van der Waals surface area contributed by atoms with Gasteiger partial charge in [0.2, 0.25) is 0 Å². The molecule has 0 saturated carbocycles. The van der Waals surface area contributed by atoms with Crippen molar-refractivity contribution in [2.24, 2.45) is 0 Å². The van der Waals surface area contributed by atoms with E-state index in [2.05, 4.69) is 9.97 Å². The second kappa shape index (κ2) is 3.45. The summed E-state index contributed by atoms with van der Waals surface area (Å²) >= 11 is 1.44. The van der Waals surface area contributed by atoms with Crippen molar-refractivity contribution in [3.05, 3.63) is 35.7 Å². The van der Waals surface area contributed by atoms with E-state index in [0.29, 0.717) is 0 Å². The highest BCUT2D eigenvalue weighted by molar-refractivity contribution is 7.17. The molecule has 0 aliphatic heterocycles. The number of hydrogen-bond donors (Lipinski definition) is 0. The Morgan fingerprint density at radius 3 is 2.62 bits per heavy atom. The number of carbonyl (C=O) groups excluding carboxylic acids is 1. The van der Waals surface area contributed by atoms with Gasteiger partial charge in [0.1, 0.15) is 6.33 Å². The van der Waals surface area contributed by atoms with Crippen LogP contribution in [0, 0.1) is 0 Å². The molecule has 0 spiro atoms. The molecule has 0 amide bonds. The zero-order valence-corrected chi connectivity index (χ0v) is 7.49. The molecule has 0 aliphatic rings. The van der Waals surface area contributed by atoms with Gasteiger partial charge in [-0.3, -0.25) is 4.79 Å². The summed E-state index contributed by atoms with van der Waals surface area (Å²) in [5, 5.41) is 0. The van der Waals surface area contributed by atoms with Crippen LogP contribution in [0.15, 0.2) is 30.9 Å². The average molecular weight is 190 g/mol. The summed E-state index contributed by atoms with van der Waals surface area (Å²) in [7, 11) is 0. The molecule has 2 aromatic heterocycles. The lowest BCUT2D eigenvalue weighted by atomic mass is 10.3. The zero-order valence-electron chi connectivity index (χ0n) is 6.68. The van der Waals surface area contributed by atoms with Crippen molar-refractivity contribution in [3.63, 3.8) is 0 Å². The molecular formula is C9H6N2OS. The minimum atomic E-state index is 0.721. The van der Waals surface area contributed by atoms with Crippen molar-refractivity contribution in [3.8, 4) is 10.4 Å². The summed E-state index contributed by atoms with van der Waals surface area (Å²) in [6, 6.07) is 3.69. The van der Waals surface area contributed by atoms with E-state index in [1.54, 1.807) is 18.5 Å². The van der Waals surface area contributed by atoms with Gasteiger partial charge in [-0.2, -0.15) is 0 Å². The van der Waals surface area contributed by atoms with Crippen molar-refractivity contribution in [1.82, 2.24) is 9.97 Å². The maximum absolute atomic E-state index is 10.4. The van der Waals surface area contributed by atoms with Gasteiger partial charge in [0, 0.05) is 22.8 Å². The van der Waals surface area contributed by atoms with Gasteiger partial charge in [-0.25, -0.2) is 9.97 Å². The average Bonchev–Trinajstić information content (AvgIpc) is 2.67. The largest absolute Gasteiger partial charge is 0.297 e. The Bertz CT molecular complexity index is 411. The van der Waals surface area contributed by atoms with Crippen LogP contribution in [0.5, 0.6) is 0 Å². The second-order valence-corrected chi connectivity index (χ2v) is 3.56. The lowest BCUT2D eigenvalue weighted by Crippen LogP contribution is -1.77. The van der Waals surface area contributed by atoms with Gasteiger partial charge < -0.3 is 0 Å². The maximum atomic E-state index is 10.4. The highest BCUT2D eigenvalue weighted by Gasteiger charge is 2.01. The second-order valence-electron chi connectivity index (χ2n) is 2.45. The summed E-state index contributed by atoms with van der Waals surface area (Å²) in [5.41, 5.74) is 0.945. The highest BCUT2D eigenvalue weighted by atomic mass is 32.1. The molecule has 0 aromatic carbocycles. The van der Waals surface area contributed by atoms with E-state index in [1.165, 1.54) is 17.7 Å². The van der Waals surface area contributed by atoms with E-state index in [4.69, 9.17) is 0 Å². The van der Waals surface area contributed by atoms with Crippen molar-refractivity contribution in [2.75, 3.05) is 0 Å². The third-order valence-corrected chi connectivity index (χ3v) is 2.65. The van der Waals surface area contributed by atoms with Crippen LogP contribution in [-0.2, 0) is 0 Å². The quantitative estimate of drug-likeness (QED) is 0.680. The van der Waals surface area contributed by atoms with Crippen molar-refractivity contribution >= 4 is 17.6 Å². The van der Waals surface area contributed by atoms with E-state index in [0.717, 1.165) is 21.6 Å².